The smallest absolute Gasteiger partial charge is 0.219 e. The molecule has 0 aromatic rings. The van der Waals surface area contributed by atoms with Crippen LogP contribution in [0.25, 0.3) is 0 Å². The SMILES string of the molecule is CC(=O)N(C)CCCCCNCCCC(C)C. The van der Waals surface area contributed by atoms with Crippen molar-refractivity contribution in [1.82, 2.24) is 10.2 Å². The average Bonchev–Trinajstić information content (AvgIpc) is 2.25. The number of carbonyl (C=O) groups is 1. The van der Waals surface area contributed by atoms with Crippen LogP contribution in [0.3, 0.4) is 0 Å². The Balaban J connectivity index is 3.11. The van der Waals surface area contributed by atoms with Gasteiger partial charge in [-0.05, 0) is 44.7 Å². The highest BCUT2D eigenvalue weighted by Gasteiger charge is 2.00. The van der Waals surface area contributed by atoms with Crippen LogP contribution in [-0.4, -0.2) is 37.5 Å². The third-order valence-electron chi connectivity index (χ3n) is 3.02. The quantitative estimate of drug-likeness (QED) is 0.597. The zero-order chi connectivity index (χ0) is 13.1. The second-order valence-corrected chi connectivity index (χ2v) is 5.29. The summed E-state index contributed by atoms with van der Waals surface area (Å²) in [5, 5.41) is 3.47. The van der Waals surface area contributed by atoms with Gasteiger partial charge in [0.15, 0.2) is 0 Å². The van der Waals surface area contributed by atoms with Crippen LogP contribution < -0.4 is 5.32 Å². The van der Waals surface area contributed by atoms with Gasteiger partial charge in [-0.1, -0.05) is 20.3 Å². The van der Waals surface area contributed by atoms with Crippen LogP contribution in [0.1, 0.15) is 52.9 Å². The first-order valence-electron chi connectivity index (χ1n) is 6.96. The van der Waals surface area contributed by atoms with Crippen LogP contribution in [-0.2, 0) is 4.79 Å². The molecule has 0 aliphatic carbocycles. The molecule has 102 valence electrons. The molecular formula is C14H30N2O. The lowest BCUT2D eigenvalue weighted by molar-refractivity contribution is -0.127. The summed E-state index contributed by atoms with van der Waals surface area (Å²) in [7, 11) is 1.87. The van der Waals surface area contributed by atoms with Crippen molar-refractivity contribution in [1.29, 1.82) is 0 Å². The maximum Gasteiger partial charge on any atom is 0.219 e. The van der Waals surface area contributed by atoms with E-state index in [-0.39, 0.29) is 5.91 Å². The van der Waals surface area contributed by atoms with Crippen molar-refractivity contribution < 1.29 is 4.79 Å². The van der Waals surface area contributed by atoms with Crippen LogP contribution in [0.15, 0.2) is 0 Å². The minimum absolute atomic E-state index is 0.164. The van der Waals surface area contributed by atoms with E-state index in [2.05, 4.69) is 19.2 Å². The van der Waals surface area contributed by atoms with Gasteiger partial charge < -0.3 is 10.2 Å². The van der Waals surface area contributed by atoms with Crippen LogP contribution in [0.2, 0.25) is 0 Å². The van der Waals surface area contributed by atoms with Crippen LogP contribution in [0.4, 0.5) is 0 Å². The number of unbranched alkanes of at least 4 members (excludes halogenated alkanes) is 2. The fraction of sp³-hybridized carbons (Fsp3) is 0.929. The third kappa shape index (κ3) is 11.7. The van der Waals surface area contributed by atoms with Gasteiger partial charge >= 0.3 is 0 Å². The maximum atomic E-state index is 11.0. The Hall–Kier alpha value is -0.570. The molecule has 0 aromatic carbocycles. The van der Waals surface area contributed by atoms with Gasteiger partial charge in [0.05, 0.1) is 0 Å². The lowest BCUT2D eigenvalue weighted by atomic mass is 10.1. The highest BCUT2D eigenvalue weighted by Crippen LogP contribution is 2.02. The van der Waals surface area contributed by atoms with E-state index in [9.17, 15) is 4.79 Å². The molecule has 0 saturated heterocycles. The average molecular weight is 242 g/mol. The van der Waals surface area contributed by atoms with Crippen molar-refractivity contribution in [2.45, 2.75) is 52.9 Å². The van der Waals surface area contributed by atoms with Gasteiger partial charge in [0.25, 0.3) is 0 Å². The van der Waals surface area contributed by atoms with Gasteiger partial charge in [0.1, 0.15) is 0 Å². The molecule has 1 amide bonds. The summed E-state index contributed by atoms with van der Waals surface area (Å²) in [5.41, 5.74) is 0. The van der Waals surface area contributed by atoms with E-state index in [1.165, 1.54) is 25.7 Å². The van der Waals surface area contributed by atoms with E-state index in [1.54, 1.807) is 11.8 Å². The van der Waals surface area contributed by atoms with Crippen molar-refractivity contribution in [3.8, 4) is 0 Å². The number of hydrogen-bond acceptors (Lipinski definition) is 2. The number of rotatable bonds is 10. The first-order chi connectivity index (χ1) is 8.04. The van der Waals surface area contributed by atoms with Crippen LogP contribution in [0, 0.1) is 5.92 Å². The van der Waals surface area contributed by atoms with E-state index >= 15 is 0 Å². The zero-order valence-corrected chi connectivity index (χ0v) is 12.1. The number of carbonyl (C=O) groups excluding carboxylic acids is 1. The molecule has 0 aliphatic rings. The van der Waals surface area contributed by atoms with E-state index in [0.717, 1.165) is 32.0 Å². The number of nitrogens with zero attached hydrogens (tertiary/aromatic N) is 1. The first kappa shape index (κ1) is 16.4. The molecule has 1 N–H and O–H groups in total. The van der Waals surface area contributed by atoms with Crippen molar-refractivity contribution in [3.63, 3.8) is 0 Å². The summed E-state index contributed by atoms with van der Waals surface area (Å²) in [6.45, 7) is 9.31. The lowest BCUT2D eigenvalue weighted by Crippen LogP contribution is -2.25. The molecule has 0 heterocycles. The summed E-state index contributed by atoms with van der Waals surface area (Å²) in [4.78, 5) is 12.7. The van der Waals surface area contributed by atoms with Crippen LogP contribution in [0.5, 0.6) is 0 Å². The standard InChI is InChI=1S/C14H30N2O/c1-13(2)9-8-11-15-10-6-5-7-12-16(4)14(3)17/h13,15H,5-12H2,1-4H3. The molecule has 0 bridgehead atoms. The Kier molecular flexibility index (Phi) is 10.2. The predicted molar refractivity (Wildman–Crippen MR) is 74.1 cm³/mol. The molecule has 0 fully saturated rings. The summed E-state index contributed by atoms with van der Waals surface area (Å²) in [6, 6.07) is 0. The summed E-state index contributed by atoms with van der Waals surface area (Å²) in [5.74, 6) is 0.982. The van der Waals surface area contributed by atoms with Crippen molar-refractivity contribution >= 4 is 5.91 Å². The zero-order valence-electron chi connectivity index (χ0n) is 12.1. The van der Waals surface area contributed by atoms with Gasteiger partial charge in [0.2, 0.25) is 5.91 Å². The highest BCUT2D eigenvalue weighted by molar-refractivity contribution is 5.72. The molecule has 0 atom stereocenters. The Morgan fingerprint density at radius 2 is 1.76 bits per heavy atom. The van der Waals surface area contributed by atoms with Crippen molar-refractivity contribution in [2.75, 3.05) is 26.7 Å². The molecular weight excluding hydrogens is 212 g/mol. The molecule has 0 rings (SSSR count). The molecule has 0 aliphatic heterocycles. The molecule has 0 radical (unpaired) electrons. The van der Waals surface area contributed by atoms with Crippen molar-refractivity contribution in [2.24, 2.45) is 5.92 Å². The van der Waals surface area contributed by atoms with E-state index in [0.29, 0.717) is 0 Å². The Morgan fingerprint density at radius 3 is 2.35 bits per heavy atom. The molecule has 17 heavy (non-hydrogen) atoms. The topological polar surface area (TPSA) is 32.3 Å². The Morgan fingerprint density at radius 1 is 1.12 bits per heavy atom. The summed E-state index contributed by atoms with van der Waals surface area (Å²) in [6.07, 6.45) is 6.13. The van der Waals surface area contributed by atoms with Gasteiger partial charge in [-0.15, -0.1) is 0 Å². The monoisotopic (exact) mass is 242 g/mol. The van der Waals surface area contributed by atoms with E-state index in [1.807, 2.05) is 7.05 Å². The molecule has 0 aromatic heterocycles. The van der Waals surface area contributed by atoms with Gasteiger partial charge in [-0.25, -0.2) is 0 Å². The number of hydrogen-bond donors (Lipinski definition) is 1. The maximum absolute atomic E-state index is 11.0. The highest BCUT2D eigenvalue weighted by atomic mass is 16.2. The Labute approximate surface area is 107 Å². The van der Waals surface area contributed by atoms with Crippen molar-refractivity contribution in [3.05, 3.63) is 0 Å². The fourth-order valence-corrected chi connectivity index (χ4v) is 1.69. The third-order valence-corrected chi connectivity index (χ3v) is 3.02. The summed E-state index contributed by atoms with van der Waals surface area (Å²) < 4.78 is 0. The number of amides is 1. The minimum Gasteiger partial charge on any atom is -0.346 e. The van der Waals surface area contributed by atoms with Gasteiger partial charge in [0, 0.05) is 20.5 Å². The normalized spacial score (nSPS) is 10.9. The molecule has 0 spiro atoms. The fourth-order valence-electron chi connectivity index (χ4n) is 1.69. The lowest BCUT2D eigenvalue weighted by Gasteiger charge is -2.14. The molecule has 0 saturated carbocycles. The summed E-state index contributed by atoms with van der Waals surface area (Å²) >= 11 is 0. The minimum atomic E-state index is 0.164. The molecule has 3 nitrogen and oxygen atoms in total. The second kappa shape index (κ2) is 10.6. The van der Waals surface area contributed by atoms with Gasteiger partial charge in [-0.2, -0.15) is 0 Å². The first-order valence-corrected chi connectivity index (χ1v) is 6.96. The van der Waals surface area contributed by atoms with E-state index < -0.39 is 0 Å². The predicted octanol–water partition coefficient (Wildman–Crippen LogP) is 2.66. The second-order valence-electron chi connectivity index (χ2n) is 5.29. The largest absolute Gasteiger partial charge is 0.346 e. The Bertz CT molecular complexity index is 193. The van der Waals surface area contributed by atoms with Crippen LogP contribution >= 0.6 is 0 Å². The number of nitrogens with one attached hydrogen (secondary N) is 1. The molecule has 3 heteroatoms. The van der Waals surface area contributed by atoms with E-state index in [4.69, 9.17) is 0 Å². The molecule has 0 unspecified atom stereocenters. The van der Waals surface area contributed by atoms with Gasteiger partial charge in [-0.3, -0.25) is 4.79 Å².